The molecule has 0 fully saturated rings. The van der Waals surface area contributed by atoms with Crippen LogP contribution in [0.5, 0.6) is 0 Å². The fraction of sp³-hybridized carbons (Fsp3) is 0.286. The lowest BCUT2D eigenvalue weighted by molar-refractivity contribution is -0.148. The molecule has 0 radical (unpaired) electrons. The molecule has 32 heavy (non-hydrogen) atoms. The molecule has 166 valence electrons. The first-order valence-electron chi connectivity index (χ1n) is 9.49. The van der Waals surface area contributed by atoms with E-state index < -0.39 is 23.1 Å². The molecular weight excluding hydrogens is 417 g/mol. The number of aliphatic hydroxyl groups excluding tert-OH is 1. The minimum absolute atomic E-state index is 0.0711. The van der Waals surface area contributed by atoms with Crippen LogP contribution in [0.25, 0.3) is 11.0 Å². The Morgan fingerprint density at radius 1 is 1.31 bits per heavy atom. The molecule has 0 aliphatic carbocycles. The highest BCUT2D eigenvalue weighted by Gasteiger charge is 2.36. The number of methoxy groups -OCH3 is 1. The lowest BCUT2D eigenvalue weighted by atomic mass is 9.89. The summed E-state index contributed by atoms with van der Waals surface area (Å²) in [4.78, 5) is 32.1. The van der Waals surface area contributed by atoms with Gasteiger partial charge >= 0.3 is 5.97 Å². The molecule has 3 aromatic rings. The first kappa shape index (κ1) is 22.7. The van der Waals surface area contributed by atoms with Gasteiger partial charge in [0, 0.05) is 18.0 Å². The highest BCUT2D eigenvalue weighted by Crippen LogP contribution is 2.31. The molecule has 0 saturated heterocycles. The van der Waals surface area contributed by atoms with Crippen molar-refractivity contribution in [2.45, 2.75) is 27.3 Å². The SMILES string of the molecule is C=N/C(=C(/O)N=C(C)c1nn(Cc2cncnc2)c2ncc(F)cc12)C(C)(C)C(=O)OC. The van der Waals surface area contributed by atoms with E-state index in [1.54, 1.807) is 24.0 Å². The Labute approximate surface area is 183 Å². The van der Waals surface area contributed by atoms with Crippen LogP contribution in [-0.4, -0.2) is 55.3 Å². The normalized spacial score (nSPS) is 13.1. The van der Waals surface area contributed by atoms with Crippen LogP contribution in [0.2, 0.25) is 0 Å². The molecule has 11 heteroatoms. The summed E-state index contributed by atoms with van der Waals surface area (Å²) in [5, 5.41) is 15.5. The second kappa shape index (κ2) is 9.00. The molecule has 3 aromatic heterocycles. The Bertz CT molecular complexity index is 1230. The van der Waals surface area contributed by atoms with Crippen LogP contribution in [0.4, 0.5) is 4.39 Å². The van der Waals surface area contributed by atoms with Gasteiger partial charge in [0.15, 0.2) is 5.65 Å². The quantitative estimate of drug-likeness (QED) is 0.341. The van der Waals surface area contributed by atoms with E-state index in [2.05, 4.69) is 36.8 Å². The number of carbonyl (C=O) groups excluding carboxylic acids is 1. The van der Waals surface area contributed by atoms with Gasteiger partial charge in [-0.3, -0.25) is 9.79 Å². The lowest BCUT2D eigenvalue weighted by Gasteiger charge is -2.21. The molecule has 10 nitrogen and oxygen atoms in total. The standard InChI is InChI=1S/C21H22FN7O3/c1-12(27-19(30)17(23-4)21(2,3)20(31)32-5)16-15-6-14(22)9-26-18(15)29(28-16)10-13-7-24-11-25-8-13/h6-9,11,30H,4,10H2,1-3,5H3/b19-17+,27-12?. The average Bonchev–Trinajstić information content (AvgIpc) is 3.11. The Morgan fingerprint density at radius 2 is 2.00 bits per heavy atom. The van der Waals surface area contributed by atoms with Crippen LogP contribution in [0, 0.1) is 11.2 Å². The zero-order valence-corrected chi connectivity index (χ0v) is 18.1. The van der Waals surface area contributed by atoms with Gasteiger partial charge in [0.1, 0.15) is 29.0 Å². The maximum Gasteiger partial charge on any atom is 0.317 e. The lowest BCUT2D eigenvalue weighted by Crippen LogP contribution is -2.28. The maximum absolute atomic E-state index is 14.0. The van der Waals surface area contributed by atoms with Gasteiger partial charge in [-0.2, -0.15) is 5.10 Å². The van der Waals surface area contributed by atoms with E-state index >= 15 is 0 Å². The summed E-state index contributed by atoms with van der Waals surface area (Å²) in [6.45, 7) is 8.35. The van der Waals surface area contributed by atoms with Crippen molar-refractivity contribution in [1.82, 2.24) is 24.7 Å². The first-order chi connectivity index (χ1) is 15.2. The number of hydrogen-bond donors (Lipinski definition) is 1. The highest BCUT2D eigenvalue weighted by atomic mass is 19.1. The van der Waals surface area contributed by atoms with Crippen molar-refractivity contribution < 1.29 is 19.0 Å². The number of fused-ring (bicyclic) bond motifs is 1. The van der Waals surface area contributed by atoms with Crippen molar-refractivity contribution in [3.8, 4) is 0 Å². The van der Waals surface area contributed by atoms with Crippen LogP contribution >= 0.6 is 0 Å². The Balaban J connectivity index is 2.12. The van der Waals surface area contributed by atoms with Gasteiger partial charge < -0.3 is 9.84 Å². The number of nitrogens with zero attached hydrogens (tertiary/aromatic N) is 7. The first-order valence-corrected chi connectivity index (χ1v) is 9.49. The molecular formula is C21H22FN7O3. The number of halogens is 1. The molecule has 0 atom stereocenters. The van der Waals surface area contributed by atoms with Gasteiger partial charge in [0.2, 0.25) is 5.88 Å². The molecule has 0 aliphatic rings. The largest absolute Gasteiger partial charge is 0.492 e. The third kappa shape index (κ3) is 4.36. The van der Waals surface area contributed by atoms with Crippen LogP contribution in [0.15, 0.2) is 52.5 Å². The predicted octanol–water partition coefficient (Wildman–Crippen LogP) is 2.84. The number of carbonyl (C=O) groups is 1. The van der Waals surface area contributed by atoms with E-state index in [0.717, 1.165) is 11.8 Å². The van der Waals surface area contributed by atoms with Crippen molar-refractivity contribution in [2.24, 2.45) is 15.4 Å². The van der Waals surface area contributed by atoms with Gasteiger partial charge in [-0.15, -0.1) is 0 Å². The van der Waals surface area contributed by atoms with E-state index in [-0.39, 0.29) is 11.4 Å². The van der Waals surface area contributed by atoms with Crippen molar-refractivity contribution in [3.05, 3.63) is 59.6 Å². The fourth-order valence-corrected chi connectivity index (χ4v) is 3.16. The molecule has 0 aromatic carbocycles. The summed E-state index contributed by atoms with van der Waals surface area (Å²) >= 11 is 0. The number of hydrogen-bond acceptors (Lipinski definition) is 9. The van der Waals surface area contributed by atoms with Crippen molar-refractivity contribution in [2.75, 3.05) is 7.11 Å². The molecule has 0 saturated carbocycles. The minimum atomic E-state index is -1.30. The minimum Gasteiger partial charge on any atom is -0.492 e. The number of pyridine rings is 1. The number of aromatic nitrogens is 5. The molecule has 0 unspecified atom stereocenters. The van der Waals surface area contributed by atoms with Crippen molar-refractivity contribution in [3.63, 3.8) is 0 Å². The fourth-order valence-electron chi connectivity index (χ4n) is 3.16. The van der Waals surface area contributed by atoms with Crippen LogP contribution in [0.1, 0.15) is 32.0 Å². The van der Waals surface area contributed by atoms with Gasteiger partial charge in [0.25, 0.3) is 0 Å². The van der Waals surface area contributed by atoms with E-state index in [1.165, 1.54) is 33.4 Å². The third-order valence-electron chi connectivity index (χ3n) is 4.77. The molecule has 0 aliphatic heterocycles. The molecule has 0 spiro atoms. The topological polar surface area (TPSA) is 128 Å². The Hall–Kier alpha value is -4.02. The average molecular weight is 439 g/mol. The van der Waals surface area contributed by atoms with Crippen molar-refractivity contribution >= 4 is 29.4 Å². The third-order valence-corrected chi connectivity index (χ3v) is 4.77. The smallest absolute Gasteiger partial charge is 0.317 e. The summed E-state index contributed by atoms with van der Waals surface area (Å²) in [5.74, 6) is -1.70. The summed E-state index contributed by atoms with van der Waals surface area (Å²) in [7, 11) is 1.23. The molecule has 0 amide bonds. The van der Waals surface area contributed by atoms with Gasteiger partial charge in [-0.25, -0.2) is 29.0 Å². The zero-order valence-electron chi connectivity index (χ0n) is 18.1. The van der Waals surface area contributed by atoms with E-state index in [4.69, 9.17) is 4.74 Å². The number of aliphatic hydroxyl groups is 1. The zero-order chi connectivity index (χ0) is 23.5. The van der Waals surface area contributed by atoms with Crippen LogP contribution < -0.4 is 0 Å². The molecule has 3 heterocycles. The second-order valence-corrected chi connectivity index (χ2v) is 7.42. The monoisotopic (exact) mass is 439 g/mol. The molecule has 3 rings (SSSR count). The van der Waals surface area contributed by atoms with Gasteiger partial charge in [-0.1, -0.05) is 0 Å². The molecule has 0 bridgehead atoms. The number of ether oxygens (including phenoxy) is 1. The Kier molecular flexibility index (Phi) is 6.37. The summed E-state index contributed by atoms with van der Waals surface area (Å²) in [6, 6.07) is 1.29. The van der Waals surface area contributed by atoms with Gasteiger partial charge in [0.05, 0.1) is 30.9 Å². The van der Waals surface area contributed by atoms with E-state index in [1.807, 2.05) is 0 Å². The maximum atomic E-state index is 14.0. The summed E-state index contributed by atoms with van der Waals surface area (Å²) < 4.78 is 20.3. The molecule has 1 N–H and O–H groups in total. The van der Waals surface area contributed by atoms with Gasteiger partial charge in [-0.05, 0) is 33.6 Å². The number of rotatable bonds is 7. The number of aliphatic imine (C=N–C) groups is 2. The van der Waals surface area contributed by atoms with Crippen molar-refractivity contribution in [1.29, 1.82) is 0 Å². The predicted molar refractivity (Wildman–Crippen MR) is 116 cm³/mol. The van der Waals surface area contributed by atoms with Crippen LogP contribution in [-0.2, 0) is 16.1 Å². The second-order valence-electron chi connectivity index (χ2n) is 7.42. The van der Waals surface area contributed by atoms with E-state index in [9.17, 15) is 14.3 Å². The van der Waals surface area contributed by atoms with E-state index in [0.29, 0.717) is 23.3 Å². The highest BCUT2D eigenvalue weighted by molar-refractivity contribution is 6.07. The number of esters is 1. The van der Waals surface area contributed by atoms with Crippen LogP contribution in [0.3, 0.4) is 0 Å². The Morgan fingerprint density at radius 3 is 2.62 bits per heavy atom. The summed E-state index contributed by atoms with van der Waals surface area (Å²) in [6.07, 6.45) is 5.78. The summed E-state index contributed by atoms with van der Waals surface area (Å²) in [5.41, 5.74) is 0.370.